The molecule has 1 aliphatic carbocycles. The third-order valence-electron chi connectivity index (χ3n) is 4.00. The summed E-state index contributed by atoms with van der Waals surface area (Å²) in [6.45, 7) is 13.6. The van der Waals surface area contributed by atoms with Crippen LogP contribution in [0.25, 0.3) is 0 Å². The van der Waals surface area contributed by atoms with Gasteiger partial charge in [-0.2, -0.15) is 0 Å². The normalized spacial score (nSPS) is 25.1. The third kappa shape index (κ3) is 2.62. The summed E-state index contributed by atoms with van der Waals surface area (Å²) in [5.41, 5.74) is 8.25. The summed E-state index contributed by atoms with van der Waals surface area (Å²) in [5.74, 6) is 0. The van der Waals surface area contributed by atoms with E-state index in [-0.39, 0.29) is 5.54 Å². The molecule has 0 amide bonds. The minimum absolute atomic E-state index is 0.241. The highest BCUT2D eigenvalue weighted by atomic mass is 32.1. The Labute approximate surface area is 115 Å². The molecule has 0 aliphatic heterocycles. The predicted octanol–water partition coefficient (Wildman–Crippen LogP) is 4.15. The van der Waals surface area contributed by atoms with Gasteiger partial charge in [-0.1, -0.05) is 27.7 Å². The van der Waals surface area contributed by atoms with Crippen molar-refractivity contribution >= 4 is 11.3 Å². The van der Waals surface area contributed by atoms with E-state index in [0.717, 1.165) is 23.5 Å². The lowest BCUT2D eigenvalue weighted by molar-refractivity contribution is 0.0469. The number of nitrogens with two attached hydrogens (primary N) is 1. The Kier molecular flexibility index (Phi) is 3.14. The smallest absolute Gasteiger partial charge is 0.113 e. The second kappa shape index (κ2) is 4.04. The Bertz CT molecular complexity index is 422. The molecule has 3 heteroatoms. The number of thiazole rings is 1. The van der Waals surface area contributed by atoms with Crippen LogP contribution >= 0.6 is 11.3 Å². The van der Waals surface area contributed by atoms with Gasteiger partial charge in [0.2, 0.25) is 0 Å². The van der Waals surface area contributed by atoms with Crippen LogP contribution in [0.2, 0.25) is 0 Å². The van der Waals surface area contributed by atoms with Gasteiger partial charge in [-0.15, -0.1) is 11.3 Å². The number of nitrogens with zero attached hydrogens (tertiary/aromatic N) is 1. The predicted molar refractivity (Wildman–Crippen MR) is 78.9 cm³/mol. The molecular weight excluding hydrogens is 240 g/mol. The molecule has 18 heavy (non-hydrogen) atoms. The fourth-order valence-electron chi connectivity index (χ4n) is 4.03. The molecule has 0 spiro atoms. The zero-order valence-corrected chi connectivity index (χ0v) is 13.4. The highest BCUT2D eigenvalue weighted by molar-refractivity contribution is 7.11. The average Bonchev–Trinajstić information content (AvgIpc) is 2.41. The molecule has 102 valence electrons. The molecule has 0 atom stereocenters. The number of aryl methyl sites for hydroxylation is 2. The maximum absolute atomic E-state index is 6.76. The van der Waals surface area contributed by atoms with Crippen LogP contribution in [-0.2, 0) is 5.54 Å². The van der Waals surface area contributed by atoms with Crippen molar-refractivity contribution in [2.45, 2.75) is 66.3 Å². The largest absolute Gasteiger partial charge is 0.319 e. The molecule has 1 aromatic rings. The van der Waals surface area contributed by atoms with Crippen LogP contribution < -0.4 is 5.73 Å². The lowest BCUT2D eigenvalue weighted by Crippen LogP contribution is -2.49. The third-order valence-corrected chi connectivity index (χ3v) is 5.29. The van der Waals surface area contributed by atoms with Crippen LogP contribution in [-0.4, -0.2) is 4.98 Å². The molecule has 0 radical (unpaired) electrons. The SMILES string of the molecule is Cc1nc(C2(N)CC(C)(C)CC(C)(C)C2)sc1C. The van der Waals surface area contributed by atoms with Gasteiger partial charge in [0.05, 0.1) is 11.2 Å². The minimum atomic E-state index is -0.241. The summed E-state index contributed by atoms with van der Waals surface area (Å²) in [5, 5.41) is 1.14. The first-order chi connectivity index (χ1) is 8.03. The van der Waals surface area contributed by atoms with Gasteiger partial charge in [-0.25, -0.2) is 4.98 Å². The van der Waals surface area contributed by atoms with Crippen LogP contribution in [0.1, 0.15) is 62.5 Å². The van der Waals surface area contributed by atoms with Crippen LogP contribution in [0.15, 0.2) is 0 Å². The van der Waals surface area contributed by atoms with Crippen molar-refractivity contribution in [1.29, 1.82) is 0 Å². The Morgan fingerprint density at radius 3 is 1.89 bits per heavy atom. The van der Waals surface area contributed by atoms with E-state index >= 15 is 0 Å². The fourth-order valence-corrected chi connectivity index (χ4v) is 5.04. The maximum atomic E-state index is 6.76. The van der Waals surface area contributed by atoms with E-state index in [2.05, 4.69) is 41.5 Å². The van der Waals surface area contributed by atoms with Crippen molar-refractivity contribution in [2.75, 3.05) is 0 Å². The number of hydrogen-bond acceptors (Lipinski definition) is 3. The molecule has 0 aromatic carbocycles. The van der Waals surface area contributed by atoms with Crippen LogP contribution in [0.4, 0.5) is 0 Å². The van der Waals surface area contributed by atoms with Crippen LogP contribution in [0.3, 0.4) is 0 Å². The minimum Gasteiger partial charge on any atom is -0.319 e. The van der Waals surface area contributed by atoms with Crippen molar-refractivity contribution in [3.8, 4) is 0 Å². The zero-order chi connectivity index (χ0) is 13.8. The van der Waals surface area contributed by atoms with Crippen molar-refractivity contribution in [3.05, 3.63) is 15.6 Å². The summed E-state index contributed by atoms with van der Waals surface area (Å²) in [7, 11) is 0. The Balaban J connectivity index is 2.40. The first kappa shape index (κ1) is 14.0. The lowest BCUT2D eigenvalue weighted by Gasteiger charge is -2.49. The lowest BCUT2D eigenvalue weighted by atomic mass is 9.59. The molecule has 0 saturated heterocycles. The fraction of sp³-hybridized carbons (Fsp3) is 0.800. The summed E-state index contributed by atoms with van der Waals surface area (Å²) >= 11 is 1.79. The summed E-state index contributed by atoms with van der Waals surface area (Å²) in [6.07, 6.45) is 3.31. The molecule has 2 rings (SSSR count). The first-order valence-corrected chi connectivity index (χ1v) is 7.58. The highest BCUT2D eigenvalue weighted by Gasteiger charge is 2.47. The molecular formula is C15H26N2S. The van der Waals surface area contributed by atoms with E-state index < -0.39 is 0 Å². The van der Waals surface area contributed by atoms with Crippen LogP contribution in [0.5, 0.6) is 0 Å². The summed E-state index contributed by atoms with van der Waals surface area (Å²) in [4.78, 5) is 6.03. The second-order valence-corrected chi connectivity index (χ2v) is 8.88. The van der Waals surface area contributed by atoms with Crippen molar-refractivity contribution in [3.63, 3.8) is 0 Å². The van der Waals surface area contributed by atoms with Gasteiger partial charge in [0, 0.05) is 4.88 Å². The standard InChI is InChI=1S/C15H26N2S/c1-10-11(2)18-12(17-10)15(16)8-13(3,4)7-14(5,6)9-15/h7-9,16H2,1-6H3. The number of rotatable bonds is 1. The first-order valence-electron chi connectivity index (χ1n) is 6.77. The van der Waals surface area contributed by atoms with E-state index in [1.165, 1.54) is 11.3 Å². The van der Waals surface area contributed by atoms with Gasteiger partial charge in [0.25, 0.3) is 0 Å². The number of hydrogen-bond donors (Lipinski definition) is 1. The molecule has 2 N–H and O–H groups in total. The van der Waals surface area contributed by atoms with E-state index in [0.29, 0.717) is 10.8 Å². The van der Waals surface area contributed by atoms with Crippen molar-refractivity contribution < 1.29 is 0 Å². The van der Waals surface area contributed by atoms with E-state index in [1.54, 1.807) is 11.3 Å². The molecule has 0 bridgehead atoms. The van der Waals surface area contributed by atoms with Crippen molar-refractivity contribution in [2.24, 2.45) is 16.6 Å². The quantitative estimate of drug-likeness (QED) is 0.829. The average molecular weight is 266 g/mol. The van der Waals surface area contributed by atoms with Gasteiger partial charge in [-0.3, -0.25) is 0 Å². The van der Waals surface area contributed by atoms with Gasteiger partial charge < -0.3 is 5.73 Å². The Morgan fingerprint density at radius 1 is 1.00 bits per heavy atom. The Morgan fingerprint density at radius 2 is 1.50 bits per heavy atom. The summed E-state index contributed by atoms with van der Waals surface area (Å²) in [6, 6.07) is 0. The monoisotopic (exact) mass is 266 g/mol. The van der Waals surface area contributed by atoms with E-state index in [1.807, 2.05) is 0 Å². The number of aromatic nitrogens is 1. The van der Waals surface area contributed by atoms with Gasteiger partial charge in [0.15, 0.2) is 0 Å². The molecule has 1 aromatic heterocycles. The molecule has 1 saturated carbocycles. The van der Waals surface area contributed by atoms with Crippen LogP contribution in [0, 0.1) is 24.7 Å². The van der Waals surface area contributed by atoms with Gasteiger partial charge >= 0.3 is 0 Å². The topological polar surface area (TPSA) is 38.9 Å². The molecule has 0 unspecified atom stereocenters. The molecule has 1 fully saturated rings. The van der Waals surface area contributed by atoms with Gasteiger partial charge in [0.1, 0.15) is 5.01 Å². The molecule has 1 aliphatic rings. The zero-order valence-electron chi connectivity index (χ0n) is 12.6. The Hall–Kier alpha value is -0.410. The second-order valence-electron chi connectivity index (χ2n) is 7.68. The van der Waals surface area contributed by atoms with E-state index in [9.17, 15) is 0 Å². The van der Waals surface area contributed by atoms with Crippen molar-refractivity contribution in [1.82, 2.24) is 4.98 Å². The molecule has 1 heterocycles. The van der Waals surface area contributed by atoms with E-state index in [4.69, 9.17) is 10.7 Å². The summed E-state index contributed by atoms with van der Waals surface area (Å²) < 4.78 is 0. The molecule has 2 nitrogen and oxygen atoms in total. The van der Waals surface area contributed by atoms with Gasteiger partial charge in [-0.05, 0) is 43.9 Å². The maximum Gasteiger partial charge on any atom is 0.113 e. The highest BCUT2D eigenvalue weighted by Crippen LogP contribution is 2.53.